The average Bonchev–Trinajstić information content (AvgIpc) is 2.42. The van der Waals surface area contributed by atoms with Crippen molar-refractivity contribution < 1.29 is 18.3 Å². The van der Waals surface area contributed by atoms with Crippen LogP contribution in [0.1, 0.15) is 61.9 Å². The lowest BCUT2D eigenvalue weighted by Gasteiger charge is -2.35. The van der Waals surface area contributed by atoms with Gasteiger partial charge in [-0.3, -0.25) is 4.79 Å². The van der Waals surface area contributed by atoms with E-state index in [4.69, 9.17) is 4.74 Å². The summed E-state index contributed by atoms with van der Waals surface area (Å²) in [5.74, 6) is -1.93. The highest BCUT2D eigenvalue weighted by Crippen LogP contribution is 2.37. The molecule has 0 aromatic heterocycles. The quantitative estimate of drug-likeness (QED) is 0.858. The first kappa shape index (κ1) is 16.7. The summed E-state index contributed by atoms with van der Waals surface area (Å²) >= 11 is 0. The van der Waals surface area contributed by atoms with E-state index in [-0.39, 0.29) is 24.7 Å². The minimum atomic E-state index is -2.63. The summed E-state index contributed by atoms with van der Waals surface area (Å²) in [7, 11) is 0. The Kier molecular flexibility index (Phi) is 5.04. The Morgan fingerprint density at radius 2 is 2.09 bits per heavy atom. The first-order chi connectivity index (χ1) is 10.3. The van der Waals surface area contributed by atoms with E-state index in [0.717, 1.165) is 17.7 Å². The van der Waals surface area contributed by atoms with Gasteiger partial charge < -0.3 is 10.1 Å². The molecule has 1 aromatic carbocycles. The van der Waals surface area contributed by atoms with Crippen LogP contribution in [-0.4, -0.2) is 24.5 Å². The van der Waals surface area contributed by atoms with E-state index in [1.165, 1.54) is 0 Å². The third-order valence-corrected chi connectivity index (χ3v) is 3.78. The molecule has 5 heteroatoms. The van der Waals surface area contributed by atoms with E-state index in [1.54, 1.807) is 18.2 Å². The lowest BCUT2D eigenvalue weighted by molar-refractivity contribution is -0.0901. The fourth-order valence-corrected chi connectivity index (χ4v) is 2.52. The first-order valence-electron chi connectivity index (χ1n) is 7.78. The van der Waals surface area contributed by atoms with Crippen LogP contribution in [0.15, 0.2) is 18.2 Å². The van der Waals surface area contributed by atoms with Gasteiger partial charge in [-0.05, 0) is 36.1 Å². The van der Waals surface area contributed by atoms with Gasteiger partial charge in [0.2, 0.25) is 0 Å². The Morgan fingerprint density at radius 3 is 2.64 bits per heavy atom. The zero-order valence-corrected chi connectivity index (χ0v) is 13.3. The number of ether oxygens (including phenoxy) is 1. The second-order valence-electron chi connectivity index (χ2n) is 6.19. The van der Waals surface area contributed by atoms with Gasteiger partial charge >= 0.3 is 0 Å². The van der Waals surface area contributed by atoms with E-state index in [9.17, 15) is 13.6 Å². The van der Waals surface area contributed by atoms with Crippen molar-refractivity contribution in [3.63, 3.8) is 0 Å². The second-order valence-corrected chi connectivity index (χ2v) is 6.19. The summed E-state index contributed by atoms with van der Waals surface area (Å²) in [6.07, 6.45) is 0.372. The SMILES string of the molecule is CCCOc1ccc(C(=O)NC2CC(F)(F)C2)cc1C(C)C. The summed E-state index contributed by atoms with van der Waals surface area (Å²) in [5, 5.41) is 2.66. The Morgan fingerprint density at radius 1 is 1.41 bits per heavy atom. The Bertz CT molecular complexity index is 535. The number of amides is 1. The predicted octanol–water partition coefficient (Wildman–Crippen LogP) is 4.13. The molecular weight excluding hydrogens is 288 g/mol. The van der Waals surface area contributed by atoms with E-state index >= 15 is 0 Å². The third kappa shape index (κ3) is 3.96. The smallest absolute Gasteiger partial charge is 0.252 e. The average molecular weight is 311 g/mol. The van der Waals surface area contributed by atoms with Crippen LogP contribution in [0, 0.1) is 0 Å². The van der Waals surface area contributed by atoms with Gasteiger partial charge in [-0.1, -0.05) is 20.8 Å². The summed E-state index contributed by atoms with van der Waals surface area (Å²) in [6, 6.07) is 4.83. The zero-order valence-electron chi connectivity index (χ0n) is 13.3. The van der Waals surface area contributed by atoms with Crippen LogP contribution in [0.25, 0.3) is 0 Å². The lowest BCUT2D eigenvalue weighted by Crippen LogP contribution is -2.50. The molecule has 1 amide bonds. The monoisotopic (exact) mass is 311 g/mol. The number of rotatable bonds is 6. The number of nitrogens with one attached hydrogen (secondary N) is 1. The van der Waals surface area contributed by atoms with Crippen molar-refractivity contribution >= 4 is 5.91 Å². The third-order valence-electron chi connectivity index (χ3n) is 3.78. The van der Waals surface area contributed by atoms with Crippen molar-refractivity contribution in [2.75, 3.05) is 6.61 Å². The molecule has 1 saturated carbocycles. The van der Waals surface area contributed by atoms with Crippen LogP contribution in [-0.2, 0) is 0 Å². The zero-order chi connectivity index (χ0) is 16.3. The molecule has 0 atom stereocenters. The molecule has 1 N–H and O–H groups in total. The van der Waals surface area contributed by atoms with Crippen molar-refractivity contribution in [1.82, 2.24) is 5.32 Å². The van der Waals surface area contributed by atoms with Crippen molar-refractivity contribution in [3.8, 4) is 5.75 Å². The Hall–Kier alpha value is -1.65. The molecule has 0 saturated heterocycles. The fourth-order valence-electron chi connectivity index (χ4n) is 2.52. The number of hydrogen-bond acceptors (Lipinski definition) is 2. The van der Waals surface area contributed by atoms with Crippen LogP contribution >= 0.6 is 0 Å². The minimum Gasteiger partial charge on any atom is -0.493 e. The molecule has 0 radical (unpaired) electrons. The van der Waals surface area contributed by atoms with Crippen molar-refractivity contribution in [2.45, 2.75) is 57.9 Å². The number of alkyl halides is 2. The maximum atomic E-state index is 12.8. The molecule has 0 heterocycles. The van der Waals surface area contributed by atoms with Gasteiger partial charge in [-0.2, -0.15) is 0 Å². The van der Waals surface area contributed by atoms with Crippen LogP contribution in [0.2, 0.25) is 0 Å². The van der Waals surface area contributed by atoms with Gasteiger partial charge in [0.05, 0.1) is 6.61 Å². The van der Waals surface area contributed by atoms with E-state index in [0.29, 0.717) is 12.2 Å². The van der Waals surface area contributed by atoms with Crippen LogP contribution in [0.3, 0.4) is 0 Å². The predicted molar refractivity (Wildman–Crippen MR) is 81.8 cm³/mol. The Labute approximate surface area is 130 Å². The molecule has 1 aliphatic rings. The first-order valence-corrected chi connectivity index (χ1v) is 7.78. The normalized spacial score (nSPS) is 17.2. The molecule has 3 nitrogen and oxygen atoms in total. The molecule has 2 rings (SSSR count). The molecule has 122 valence electrons. The van der Waals surface area contributed by atoms with Crippen LogP contribution in [0.4, 0.5) is 8.78 Å². The highest BCUT2D eigenvalue weighted by atomic mass is 19.3. The largest absolute Gasteiger partial charge is 0.493 e. The van der Waals surface area contributed by atoms with Gasteiger partial charge in [0, 0.05) is 24.4 Å². The van der Waals surface area contributed by atoms with Gasteiger partial charge in [0.25, 0.3) is 11.8 Å². The number of carbonyl (C=O) groups is 1. The molecular formula is C17H23F2NO2. The van der Waals surface area contributed by atoms with Crippen molar-refractivity contribution in [2.24, 2.45) is 0 Å². The van der Waals surface area contributed by atoms with Crippen molar-refractivity contribution in [3.05, 3.63) is 29.3 Å². The van der Waals surface area contributed by atoms with Crippen molar-refractivity contribution in [1.29, 1.82) is 0 Å². The molecule has 1 aromatic rings. The number of benzene rings is 1. The molecule has 1 fully saturated rings. The summed E-state index contributed by atoms with van der Waals surface area (Å²) in [5.41, 5.74) is 1.45. The number of hydrogen-bond donors (Lipinski definition) is 1. The summed E-state index contributed by atoms with van der Waals surface area (Å²) in [6.45, 7) is 6.72. The molecule has 0 unspecified atom stereocenters. The number of halogens is 2. The molecule has 1 aliphatic carbocycles. The van der Waals surface area contributed by atoms with E-state index in [1.807, 2.05) is 20.8 Å². The molecule has 0 spiro atoms. The van der Waals surface area contributed by atoms with Gasteiger partial charge in [-0.15, -0.1) is 0 Å². The van der Waals surface area contributed by atoms with E-state index < -0.39 is 12.0 Å². The number of carbonyl (C=O) groups excluding carboxylic acids is 1. The van der Waals surface area contributed by atoms with Crippen LogP contribution < -0.4 is 10.1 Å². The van der Waals surface area contributed by atoms with Gasteiger partial charge in [0.1, 0.15) is 5.75 Å². The summed E-state index contributed by atoms with van der Waals surface area (Å²) in [4.78, 5) is 12.2. The molecule has 0 aliphatic heterocycles. The topological polar surface area (TPSA) is 38.3 Å². The Balaban J connectivity index is 2.07. The second kappa shape index (κ2) is 6.63. The standard InChI is InChI=1S/C17H23F2NO2/c1-4-7-22-15-6-5-12(8-14(15)11(2)3)16(21)20-13-9-17(18,19)10-13/h5-6,8,11,13H,4,7,9-10H2,1-3H3,(H,20,21). The summed E-state index contributed by atoms with van der Waals surface area (Å²) < 4.78 is 31.3. The minimum absolute atomic E-state index is 0.215. The highest BCUT2D eigenvalue weighted by molar-refractivity contribution is 5.94. The maximum absolute atomic E-state index is 12.8. The van der Waals surface area contributed by atoms with Gasteiger partial charge in [-0.25, -0.2) is 8.78 Å². The lowest BCUT2D eigenvalue weighted by atomic mass is 9.88. The van der Waals surface area contributed by atoms with Crippen LogP contribution in [0.5, 0.6) is 5.75 Å². The molecule has 22 heavy (non-hydrogen) atoms. The maximum Gasteiger partial charge on any atom is 0.252 e. The molecule has 0 bridgehead atoms. The highest BCUT2D eigenvalue weighted by Gasteiger charge is 2.45. The van der Waals surface area contributed by atoms with E-state index in [2.05, 4.69) is 5.32 Å². The fraction of sp³-hybridized carbons (Fsp3) is 0.588. The van der Waals surface area contributed by atoms with Gasteiger partial charge in [0.15, 0.2) is 0 Å².